The molecule has 0 radical (unpaired) electrons. The van der Waals surface area contributed by atoms with Crippen LogP contribution in [0.25, 0.3) is 0 Å². The molecular formula is C12H8ClF3N2. The highest BCUT2D eigenvalue weighted by Gasteiger charge is 2.29. The fourth-order valence-electron chi connectivity index (χ4n) is 1.39. The van der Waals surface area contributed by atoms with Gasteiger partial charge in [-0.05, 0) is 36.4 Å². The van der Waals surface area contributed by atoms with Crippen LogP contribution in [0.3, 0.4) is 0 Å². The lowest BCUT2D eigenvalue weighted by Gasteiger charge is -2.09. The SMILES string of the molecule is FC(F)(F)c1ccc(Nc2ccnc(Cl)c2)cc1. The van der Waals surface area contributed by atoms with Crippen molar-refractivity contribution in [3.8, 4) is 0 Å². The highest BCUT2D eigenvalue weighted by Crippen LogP contribution is 2.30. The number of nitrogens with one attached hydrogen (secondary N) is 1. The van der Waals surface area contributed by atoms with E-state index in [1.807, 2.05) is 0 Å². The monoisotopic (exact) mass is 272 g/mol. The van der Waals surface area contributed by atoms with Crippen molar-refractivity contribution in [1.82, 2.24) is 4.98 Å². The van der Waals surface area contributed by atoms with E-state index in [1.165, 1.54) is 18.3 Å². The predicted octanol–water partition coefficient (Wildman–Crippen LogP) is 4.50. The summed E-state index contributed by atoms with van der Waals surface area (Å²) in [7, 11) is 0. The Bertz CT molecular complexity index is 538. The molecular weight excluding hydrogens is 265 g/mol. The molecule has 6 heteroatoms. The third-order valence-corrected chi connectivity index (χ3v) is 2.43. The topological polar surface area (TPSA) is 24.9 Å². The van der Waals surface area contributed by atoms with Crippen molar-refractivity contribution < 1.29 is 13.2 Å². The molecule has 0 unspecified atom stereocenters. The minimum absolute atomic E-state index is 0.312. The molecule has 0 bridgehead atoms. The van der Waals surface area contributed by atoms with Gasteiger partial charge >= 0.3 is 6.18 Å². The Hall–Kier alpha value is -1.75. The minimum Gasteiger partial charge on any atom is -0.355 e. The lowest BCUT2D eigenvalue weighted by Crippen LogP contribution is -2.04. The first-order valence-electron chi connectivity index (χ1n) is 5.01. The van der Waals surface area contributed by atoms with Crippen LogP contribution in [-0.2, 0) is 6.18 Å². The van der Waals surface area contributed by atoms with E-state index < -0.39 is 11.7 Å². The van der Waals surface area contributed by atoms with Crippen LogP contribution in [0, 0.1) is 0 Å². The van der Waals surface area contributed by atoms with Crippen LogP contribution in [0.5, 0.6) is 0 Å². The molecule has 18 heavy (non-hydrogen) atoms. The second-order valence-corrected chi connectivity index (χ2v) is 3.95. The van der Waals surface area contributed by atoms with Gasteiger partial charge in [-0.1, -0.05) is 11.6 Å². The van der Waals surface area contributed by atoms with E-state index >= 15 is 0 Å². The van der Waals surface area contributed by atoms with Crippen LogP contribution in [0.2, 0.25) is 5.15 Å². The summed E-state index contributed by atoms with van der Waals surface area (Å²) in [4.78, 5) is 3.80. The lowest BCUT2D eigenvalue weighted by atomic mass is 10.2. The van der Waals surface area contributed by atoms with Crippen molar-refractivity contribution in [1.29, 1.82) is 0 Å². The number of halogens is 4. The number of alkyl halides is 3. The zero-order valence-corrected chi connectivity index (χ0v) is 9.76. The second-order valence-electron chi connectivity index (χ2n) is 3.57. The Balaban J connectivity index is 2.16. The van der Waals surface area contributed by atoms with Crippen LogP contribution in [0.1, 0.15) is 5.56 Å². The maximum Gasteiger partial charge on any atom is 0.416 e. The third-order valence-electron chi connectivity index (χ3n) is 2.23. The maximum atomic E-state index is 12.4. The standard InChI is InChI=1S/C12H8ClF3N2/c13-11-7-10(5-6-17-11)18-9-3-1-8(2-4-9)12(14,15)16/h1-7H,(H,17,18). The number of nitrogens with zero attached hydrogens (tertiary/aromatic N) is 1. The van der Waals surface area contributed by atoms with E-state index in [-0.39, 0.29) is 0 Å². The summed E-state index contributed by atoms with van der Waals surface area (Å²) in [5, 5.41) is 3.24. The summed E-state index contributed by atoms with van der Waals surface area (Å²) in [5.41, 5.74) is 0.529. The van der Waals surface area contributed by atoms with E-state index in [2.05, 4.69) is 10.3 Å². The summed E-state index contributed by atoms with van der Waals surface area (Å²) in [6.07, 6.45) is -2.81. The maximum absolute atomic E-state index is 12.4. The fraction of sp³-hybridized carbons (Fsp3) is 0.0833. The summed E-state index contributed by atoms with van der Waals surface area (Å²) in [5.74, 6) is 0. The molecule has 2 rings (SSSR count). The molecule has 0 aliphatic heterocycles. The van der Waals surface area contributed by atoms with Gasteiger partial charge in [-0.3, -0.25) is 0 Å². The van der Waals surface area contributed by atoms with Crippen molar-refractivity contribution >= 4 is 23.0 Å². The number of aromatic nitrogens is 1. The molecule has 1 aromatic heterocycles. The Morgan fingerprint density at radius 3 is 2.22 bits per heavy atom. The summed E-state index contributed by atoms with van der Waals surface area (Å²) in [6.45, 7) is 0. The van der Waals surface area contributed by atoms with Gasteiger partial charge in [0.2, 0.25) is 0 Å². The second kappa shape index (κ2) is 4.86. The Kier molecular flexibility index (Phi) is 3.43. The number of hydrogen-bond acceptors (Lipinski definition) is 2. The van der Waals surface area contributed by atoms with Crippen molar-refractivity contribution in [2.75, 3.05) is 5.32 Å². The first-order chi connectivity index (χ1) is 8.45. The van der Waals surface area contributed by atoms with Gasteiger partial charge in [0.05, 0.1) is 5.56 Å². The lowest BCUT2D eigenvalue weighted by molar-refractivity contribution is -0.137. The molecule has 0 spiro atoms. The van der Waals surface area contributed by atoms with E-state index in [1.54, 1.807) is 12.1 Å². The van der Waals surface area contributed by atoms with Gasteiger partial charge in [0.25, 0.3) is 0 Å². The molecule has 0 saturated carbocycles. The van der Waals surface area contributed by atoms with Crippen molar-refractivity contribution in [3.63, 3.8) is 0 Å². The number of benzene rings is 1. The van der Waals surface area contributed by atoms with E-state index in [0.29, 0.717) is 16.5 Å². The highest BCUT2D eigenvalue weighted by atomic mass is 35.5. The average Bonchev–Trinajstić information content (AvgIpc) is 2.28. The number of rotatable bonds is 2. The van der Waals surface area contributed by atoms with Gasteiger partial charge in [-0.25, -0.2) is 4.98 Å². The molecule has 2 aromatic rings. The zero-order chi connectivity index (χ0) is 13.2. The fourth-order valence-corrected chi connectivity index (χ4v) is 1.56. The Labute approximate surface area is 106 Å². The van der Waals surface area contributed by atoms with Crippen LogP contribution in [0.15, 0.2) is 42.6 Å². The third kappa shape index (κ3) is 3.13. The predicted molar refractivity (Wildman–Crippen MR) is 64.0 cm³/mol. The normalized spacial score (nSPS) is 11.3. The van der Waals surface area contributed by atoms with E-state index in [4.69, 9.17) is 11.6 Å². The first-order valence-corrected chi connectivity index (χ1v) is 5.39. The molecule has 94 valence electrons. The van der Waals surface area contributed by atoms with Gasteiger partial charge < -0.3 is 5.32 Å². The largest absolute Gasteiger partial charge is 0.416 e. The molecule has 0 fully saturated rings. The number of pyridine rings is 1. The average molecular weight is 273 g/mol. The van der Waals surface area contributed by atoms with Crippen LogP contribution in [-0.4, -0.2) is 4.98 Å². The molecule has 0 saturated heterocycles. The molecule has 0 amide bonds. The van der Waals surface area contributed by atoms with Gasteiger partial charge in [-0.15, -0.1) is 0 Å². The molecule has 1 N–H and O–H groups in total. The van der Waals surface area contributed by atoms with Crippen molar-refractivity contribution in [2.24, 2.45) is 0 Å². The van der Waals surface area contributed by atoms with Crippen LogP contribution < -0.4 is 5.32 Å². The van der Waals surface area contributed by atoms with Gasteiger partial charge in [0.15, 0.2) is 0 Å². The van der Waals surface area contributed by atoms with E-state index in [9.17, 15) is 13.2 Å². The highest BCUT2D eigenvalue weighted by molar-refractivity contribution is 6.29. The number of hydrogen-bond donors (Lipinski definition) is 1. The quantitative estimate of drug-likeness (QED) is 0.814. The van der Waals surface area contributed by atoms with Crippen molar-refractivity contribution in [3.05, 3.63) is 53.3 Å². The molecule has 1 aromatic carbocycles. The smallest absolute Gasteiger partial charge is 0.355 e. The van der Waals surface area contributed by atoms with Crippen LogP contribution in [0.4, 0.5) is 24.5 Å². The molecule has 1 heterocycles. The van der Waals surface area contributed by atoms with Crippen molar-refractivity contribution in [2.45, 2.75) is 6.18 Å². The van der Waals surface area contributed by atoms with Crippen LogP contribution >= 0.6 is 11.6 Å². The minimum atomic E-state index is -4.32. The molecule has 0 atom stereocenters. The summed E-state index contributed by atoms with van der Waals surface area (Å²) in [6, 6.07) is 8.01. The summed E-state index contributed by atoms with van der Waals surface area (Å²) >= 11 is 5.70. The number of anilines is 2. The van der Waals surface area contributed by atoms with E-state index in [0.717, 1.165) is 12.1 Å². The Morgan fingerprint density at radius 1 is 1.00 bits per heavy atom. The Morgan fingerprint density at radius 2 is 1.67 bits per heavy atom. The molecule has 0 aliphatic rings. The molecule has 0 aliphatic carbocycles. The first kappa shape index (κ1) is 12.7. The van der Waals surface area contributed by atoms with Gasteiger partial charge in [0.1, 0.15) is 5.15 Å². The van der Waals surface area contributed by atoms with Gasteiger partial charge in [-0.2, -0.15) is 13.2 Å². The molecule has 2 nitrogen and oxygen atoms in total. The van der Waals surface area contributed by atoms with Gasteiger partial charge in [0, 0.05) is 17.6 Å². The summed E-state index contributed by atoms with van der Waals surface area (Å²) < 4.78 is 37.1. The zero-order valence-electron chi connectivity index (χ0n) is 9.00.